The molecule has 0 saturated heterocycles. The molecule has 2 fully saturated rings. The first-order chi connectivity index (χ1) is 9.58. The predicted molar refractivity (Wildman–Crippen MR) is 74.9 cm³/mol. The highest BCUT2D eigenvalue weighted by atomic mass is 16.6. The largest absolute Gasteiger partial charge is 0.465 e. The molecule has 2 saturated carbocycles. The molecule has 4 nitrogen and oxygen atoms in total. The van der Waals surface area contributed by atoms with Gasteiger partial charge in [0.25, 0.3) is 0 Å². The predicted octanol–water partition coefficient (Wildman–Crippen LogP) is 2.95. The van der Waals surface area contributed by atoms with Crippen LogP contribution in [0.3, 0.4) is 0 Å². The molecule has 2 aliphatic carbocycles. The fraction of sp³-hybridized carbons (Fsp3) is 0.875. The normalized spacial score (nSPS) is 31.4. The van der Waals surface area contributed by atoms with E-state index >= 15 is 0 Å². The van der Waals surface area contributed by atoms with Crippen LogP contribution in [0.1, 0.15) is 52.9 Å². The second kappa shape index (κ2) is 6.15. The Kier molecular flexibility index (Phi) is 4.71. The van der Waals surface area contributed by atoms with Crippen LogP contribution in [-0.2, 0) is 19.1 Å². The summed E-state index contributed by atoms with van der Waals surface area (Å²) in [5.74, 6) is -0.147. The van der Waals surface area contributed by atoms with Crippen molar-refractivity contribution in [2.24, 2.45) is 23.2 Å². The SMILES string of the molecule is CCOC(=O)C1(C(=O)OCC)[C@@H](C)C[C@@H]2CCCC[C@@H]21. The smallest absolute Gasteiger partial charge is 0.324 e. The van der Waals surface area contributed by atoms with Crippen molar-refractivity contribution >= 4 is 11.9 Å². The van der Waals surface area contributed by atoms with Gasteiger partial charge < -0.3 is 9.47 Å². The molecule has 0 bridgehead atoms. The third kappa shape index (κ3) is 2.23. The fourth-order valence-corrected chi connectivity index (χ4v) is 4.38. The highest BCUT2D eigenvalue weighted by Crippen LogP contribution is 2.57. The fourth-order valence-electron chi connectivity index (χ4n) is 4.38. The minimum Gasteiger partial charge on any atom is -0.465 e. The maximum absolute atomic E-state index is 12.6. The van der Waals surface area contributed by atoms with Crippen LogP contribution in [0.4, 0.5) is 0 Å². The number of carbonyl (C=O) groups is 2. The second-order valence-electron chi connectivity index (χ2n) is 6.10. The first kappa shape index (κ1) is 15.3. The molecule has 114 valence electrons. The summed E-state index contributed by atoms with van der Waals surface area (Å²) < 4.78 is 10.6. The van der Waals surface area contributed by atoms with Gasteiger partial charge in [0.05, 0.1) is 13.2 Å². The van der Waals surface area contributed by atoms with Gasteiger partial charge in [-0.05, 0) is 44.4 Å². The number of carbonyl (C=O) groups excluding carboxylic acids is 2. The number of hydrogen-bond acceptors (Lipinski definition) is 4. The van der Waals surface area contributed by atoms with Crippen LogP contribution in [0.2, 0.25) is 0 Å². The number of rotatable bonds is 4. The first-order valence-electron chi connectivity index (χ1n) is 7.93. The van der Waals surface area contributed by atoms with Crippen LogP contribution in [0, 0.1) is 23.2 Å². The van der Waals surface area contributed by atoms with Gasteiger partial charge in [-0.3, -0.25) is 9.59 Å². The van der Waals surface area contributed by atoms with Crippen LogP contribution in [0.15, 0.2) is 0 Å². The molecule has 0 spiro atoms. The van der Waals surface area contributed by atoms with Crippen LogP contribution >= 0.6 is 0 Å². The third-order valence-electron chi connectivity index (χ3n) is 5.15. The van der Waals surface area contributed by atoms with Gasteiger partial charge in [-0.15, -0.1) is 0 Å². The Hall–Kier alpha value is -1.06. The molecule has 3 atom stereocenters. The zero-order chi connectivity index (χ0) is 14.8. The minimum absolute atomic E-state index is 0.00806. The van der Waals surface area contributed by atoms with Gasteiger partial charge in [0, 0.05) is 0 Å². The molecular weight excluding hydrogens is 256 g/mol. The molecule has 20 heavy (non-hydrogen) atoms. The average molecular weight is 282 g/mol. The lowest BCUT2D eigenvalue weighted by molar-refractivity contribution is -0.180. The zero-order valence-corrected chi connectivity index (χ0v) is 12.8. The summed E-state index contributed by atoms with van der Waals surface area (Å²) in [6.07, 6.45) is 5.29. The topological polar surface area (TPSA) is 52.6 Å². The van der Waals surface area contributed by atoms with Gasteiger partial charge in [0.1, 0.15) is 0 Å². The van der Waals surface area contributed by atoms with Gasteiger partial charge in [-0.2, -0.15) is 0 Å². The van der Waals surface area contributed by atoms with Gasteiger partial charge >= 0.3 is 11.9 Å². The maximum atomic E-state index is 12.6. The molecule has 0 N–H and O–H groups in total. The molecule has 0 heterocycles. The van der Waals surface area contributed by atoms with E-state index in [2.05, 4.69) is 0 Å². The number of fused-ring (bicyclic) bond motifs is 1. The van der Waals surface area contributed by atoms with Crippen LogP contribution in [0.25, 0.3) is 0 Å². The highest BCUT2D eigenvalue weighted by molar-refractivity contribution is 6.01. The Bertz CT molecular complexity index is 359. The van der Waals surface area contributed by atoms with E-state index < -0.39 is 5.41 Å². The van der Waals surface area contributed by atoms with E-state index in [1.54, 1.807) is 13.8 Å². The summed E-state index contributed by atoms with van der Waals surface area (Å²) in [5.41, 5.74) is -1.06. The van der Waals surface area contributed by atoms with Gasteiger partial charge in [0.15, 0.2) is 5.41 Å². The number of hydrogen-bond donors (Lipinski definition) is 0. The van der Waals surface area contributed by atoms with Crippen molar-refractivity contribution in [3.63, 3.8) is 0 Å². The Morgan fingerprint density at radius 1 is 1.05 bits per heavy atom. The van der Waals surface area contributed by atoms with E-state index in [9.17, 15) is 9.59 Å². The van der Waals surface area contributed by atoms with Crippen molar-refractivity contribution in [2.45, 2.75) is 52.9 Å². The molecule has 2 rings (SSSR count). The molecule has 0 amide bonds. The van der Waals surface area contributed by atoms with E-state index in [-0.39, 0.29) is 23.8 Å². The van der Waals surface area contributed by atoms with Gasteiger partial charge in [-0.25, -0.2) is 0 Å². The Morgan fingerprint density at radius 2 is 1.60 bits per heavy atom. The van der Waals surface area contributed by atoms with Crippen molar-refractivity contribution in [3.05, 3.63) is 0 Å². The second-order valence-corrected chi connectivity index (χ2v) is 6.10. The van der Waals surface area contributed by atoms with E-state index in [0.717, 1.165) is 25.7 Å². The maximum Gasteiger partial charge on any atom is 0.324 e. The summed E-state index contributed by atoms with van der Waals surface area (Å²) in [4.78, 5) is 25.3. The van der Waals surface area contributed by atoms with Crippen molar-refractivity contribution in [1.29, 1.82) is 0 Å². The summed E-state index contributed by atoms with van der Waals surface area (Å²) in [6, 6.07) is 0. The average Bonchev–Trinajstić information content (AvgIpc) is 2.72. The molecule has 0 unspecified atom stereocenters. The van der Waals surface area contributed by atoms with Crippen LogP contribution in [0.5, 0.6) is 0 Å². The van der Waals surface area contributed by atoms with E-state index in [1.165, 1.54) is 6.42 Å². The highest BCUT2D eigenvalue weighted by Gasteiger charge is 2.64. The van der Waals surface area contributed by atoms with Gasteiger partial charge in [-0.1, -0.05) is 26.2 Å². The summed E-state index contributed by atoms with van der Waals surface area (Å²) in [7, 11) is 0. The van der Waals surface area contributed by atoms with E-state index in [0.29, 0.717) is 19.1 Å². The monoisotopic (exact) mass is 282 g/mol. The molecule has 0 aromatic heterocycles. The molecule has 2 aliphatic rings. The minimum atomic E-state index is -1.06. The summed E-state index contributed by atoms with van der Waals surface area (Å²) in [6.45, 7) is 6.20. The Balaban J connectivity index is 2.38. The quantitative estimate of drug-likeness (QED) is 0.587. The molecular formula is C16H26O4. The van der Waals surface area contributed by atoms with Crippen LogP contribution in [-0.4, -0.2) is 25.2 Å². The van der Waals surface area contributed by atoms with Crippen molar-refractivity contribution in [2.75, 3.05) is 13.2 Å². The van der Waals surface area contributed by atoms with Crippen molar-refractivity contribution in [1.82, 2.24) is 0 Å². The lowest BCUT2D eigenvalue weighted by Crippen LogP contribution is -2.50. The lowest BCUT2D eigenvalue weighted by atomic mass is 9.67. The van der Waals surface area contributed by atoms with Gasteiger partial charge in [0.2, 0.25) is 0 Å². The third-order valence-corrected chi connectivity index (χ3v) is 5.15. The molecule has 0 radical (unpaired) electrons. The van der Waals surface area contributed by atoms with E-state index in [4.69, 9.17) is 9.47 Å². The molecule has 0 aromatic rings. The van der Waals surface area contributed by atoms with E-state index in [1.807, 2.05) is 6.92 Å². The van der Waals surface area contributed by atoms with Crippen molar-refractivity contribution < 1.29 is 19.1 Å². The summed E-state index contributed by atoms with van der Waals surface area (Å²) in [5, 5.41) is 0. The standard InChI is InChI=1S/C16H26O4/c1-4-19-14(17)16(15(18)20-5-2)11(3)10-12-8-6-7-9-13(12)16/h11-13H,4-10H2,1-3H3/t11-,12-,13-/m0/s1. The summed E-state index contributed by atoms with van der Waals surface area (Å²) >= 11 is 0. The Labute approximate surface area is 121 Å². The number of esters is 2. The lowest BCUT2D eigenvalue weighted by Gasteiger charge is -2.37. The first-order valence-corrected chi connectivity index (χ1v) is 7.93. The van der Waals surface area contributed by atoms with Crippen LogP contribution < -0.4 is 0 Å². The molecule has 0 aliphatic heterocycles. The molecule has 0 aromatic carbocycles. The number of ether oxygens (including phenoxy) is 2. The van der Waals surface area contributed by atoms with Crippen molar-refractivity contribution in [3.8, 4) is 0 Å². The molecule has 4 heteroatoms. The Morgan fingerprint density at radius 3 is 2.15 bits per heavy atom. The zero-order valence-electron chi connectivity index (χ0n) is 12.8.